The molecule has 108 valence electrons. The van der Waals surface area contributed by atoms with E-state index in [1.54, 1.807) is 0 Å². The highest BCUT2D eigenvalue weighted by molar-refractivity contribution is 4.86. The molecule has 3 atom stereocenters. The normalized spacial score (nSPS) is 29.2. The Labute approximate surface area is 114 Å². The molecule has 0 spiro atoms. The predicted molar refractivity (Wildman–Crippen MR) is 79.8 cm³/mol. The molecule has 1 aliphatic rings. The van der Waals surface area contributed by atoms with Gasteiger partial charge in [-0.2, -0.15) is 0 Å². The minimum absolute atomic E-state index is 0.718. The highest BCUT2D eigenvalue weighted by Gasteiger charge is 2.31. The molecular weight excluding hydrogens is 222 g/mol. The van der Waals surface area contributed by atoms with E-state index >= 15 is 0 Å². The average Bonchev–Trinajstić information content (AvgIpc) is 2.34. The maximum absolute atomic E-state index is 5.99. The van der Waals surface area contributed by atoms with Crippen LogP contribution in [0.1, 0.15) is 39.5 Å². The highest BCUT2D eigenvalue weighted by Crippen LogP contribution is 2.31. The molecule has 0 aliphatic heterocycles. The van der Waals surface area contributed by atoms with Crippen molar-refractivity contribution in [3.05, 3.63) is 0 Å². The molecule has 3 unspecified atom stereocenters. The Hall–Kier alpha value is -0.120. The van der Waals surface area contributed by atoms with E-state index in [2.05, 4.69) is 37.7 Å². The van der Waals surface area contributed by atoms with Gasteiger partial charge in [0, 0.05) is 19.1 Å². The van der Waals surface area contributed by atoms with Gasteiger partial charge < -0.3 is 10.6 Å². The van der Waals surface area contributed by atoms with E-state index in [0.29, 0.717) is 0 Å². The second kappa shape index (κ2) is 8.13. The summed E-state index contributed by atoms with van der Waals surface area (Å²) in [5.74, 6) is 1.59. The highest BCUT2D eigenvalue weighted by atomic mass is 15.2. The number of hydrogen-bond acceptors (Lipinski definition) is 3. The Kier molecular flexibility index (Phi) is 7.20. The smallest absolute Gasteiger partial charge is 0.0139 e. The summed E-state index contributed by atoms with van der Waals surface area (Å²) in [6.45, 7) is 9.11. The lowest BCUT2D eigenvalue weighted by molar-refractivity contribution is 0.0798. The first-order chi connectivity index (χ1) is 8.58. The van der Waals surface area contributed by atoms with Gasteiger partial charge in [-0.1, -0.05) is 20.3 Å². The maximum Gasteiger partial charge on any atom is 0.0139 e. The van der Waals surface area contributed by atoms with E-state index in [1.165, 1.54) is 38.8 Å². The fourth-order valence-corrected chi connectivity index (χ4v) is 3.19. The fraction of sp³-hybridized carbons (Fsp3) is 1.00. The number of rotatable bonds is 7. The molecule has 18 heavy (non-hydrogen) atoms. The zero-order chi connectivity index (χ0) is 13.5. The van der Waals surface area contributed by atoms with Gasteiger partial charge >= 0.3 is 0 Å². The van der Waals surface area contributed by atoms with Crippen molar-refractivity contribution in [2.45, 2.75) is 45.6 Å². The molecule has 0 aromatic heterocycles. The summed E-state index contributed by atoms with van der Waals surface area (Å²) in [5, 5.41) is 0. The van der Waals surface area contributed by atoms with Crippen molar-refractivity contribution in [1.29, 1.82) is 0 Å². The molecule has 2 N–H and O–H groups in total. The second-order valence-electron chi connectivity index (χ2n) is 6.32. The maximum atomic E-state index is 5.99. The van der Waals surface area contributed by atoms with Crippen LogP contribution in [-0.2, 0) is 0 Å². The van der Waals surface area contributed by atoms with E-state index < -0.39 is 0 Å². The number of nitrogens with zero attached hydrogens (tertiary/aromatic N) is 2. The quantitative estimate of drug-likeness (QED) is 0.755. The van der Waals surface area contributed by atoms with Crippen molar-refractivity contribution in [3.8, 4) is 0 Å². The van der Waals surface area contributed by atoms with Crippen LogP contribution in [0.4, 0.5) is 0 Å². The van der Waals surface area contributed by atoms with Crippen LogP contribution >= 0.6 is 0 Å². The minimum atomic E-state index is 0.718. The van der Waals surface area contributed by atoms with Crippen LogP contribution in [0.5, 0.6) is 0 Å². The SMILES string of the molecule is CCCN(CCN(C)C)C1CC(C)CCC1CN. The first kappa shape index (κ1) is 15.9. The van der Waals surface area contributed by atoms with Crippen LogP contribution in [0.3, 0.4) is 0 Å². The molecule has 0 bridgehead atoms. The predicted octanol–water partition coefficient (Wildman–Crippen LogP) is 2.02. The summed E-state index contributed by atoms with van der Waals surface area (Å²) in [4.78, 5) is 4.99. The monoisotopic (exact) mass is 255 g/mol. The van der Waals surface area contributed by atoms with Gasteiger partial charge in [-0.25, -0.2) is 0 Å². The summed E-state index contributed by atoms with van der Waals surface area (Å²) in [7, 11) is 4.32. The van der Waals surface area contributed by atoms with E-state index in [4.69, 9.17) is 5.73 Å². The van der Waals surface area contributed by atoms with Crippen molar-refractivity contribution in [2.24, 2.45) is 17.6 Å². The number of likely N-dealkylation sites (N-methyl/N-ethyl adjacent to an activating group) is 1. The van der Waals surface area contributed by atoms with Crippen molar-refractivity contribution in [1.82, 2.24) is 9.80 Å². The lowest BCUT2D eigenvalue weighted by atomic mass is 9.78. The summed E-state index contributed by atoms with van der Waals surface area (Å²) in [6, 6.07) is 0.721. The van der Waals surface area contributed by atoms with Crippen molar-refractivity contribution >= 4 is 0 Å². The molecule has 0 radical (unpaired) electrons. The van der Waals surface area contributed by atoms with Gasteiger partial charge in [0.1, 0.15) is 0 Å². The third kappa shape index (κ3) is 4.87. The largest absolute Gasteiger partial charge is 0.330 e. The molecule has 0 aromatic carbocycles. The first-order valence-corrected chi connectivity index (χ1v) is 7.67. The van der Waals surface area contributed by atoms with E-state index in [0.717, 1.165) is 31.0 Å². The number of nitrogens with two attached hydrogens (primary N) is 1. The van der Waals surface area contributed by atoms with Crippen LogP contribution in [0.15, 0.2) is 0 Å². The van der Waals surface area contributed by atoms with Crippen LogP contribution < -0.4 is 5.73 Å². The van der Waals surface area contributed by atoms with Gasteiger partial charge in [0.25, 0.3) is 0 Å². The standard InChI is InChI=1S/C15H33N3/c1-5-8-18(10-9-17(3)4)15-11-13(2)6-7-14(15)12-16/h13-15H,5-12,16H2,1-4H3. The first-order valence-electron chi connectivity index (χ1n) is 7.67. The van der Waals surface area contributed by atoms with E-state index in [9.17, 15) is 0 Å². The Bertz CT molecular complexity index is 218. The van der Waals surface area contributed by atoms with Crippen molar-refractivity contribution in [2.75, 3.05) is 40.3 Å². The molecule has 1 saturated carbocycles. The summed E-state index contributed by atoms with van der Waals surface area (Å²) >= 11 is 0. The molecule has 1 rings (SSSR count). The molecule has 1 aliphatic carbocycles. The molecular formula is C15H33N3. The van der Waals surface area contributed by atoms with Gasteiger partial charge in [-0.05, 0) is 58.3 Å². The molecule has 0 amide bonds. The average molecular weight is 255 g/mol. The number of hydrogen-bond donors (Lipinski definition) is 1. The Balaban J connectivity index is 2.61. The Morgan fingerprint density at radius 1 is 1.11 bits per heavy atom. The fourth-order valence-electron chi connectivity index (χ4n) is 3.19. The molecule has 0 saturated heterocycles. The van der Waals surface area contributed by atoms with Crippen LogP contribution in [0.25, 0.3) is 0 Å². The molecule has 1 fully saturated rings. The lowest BCUT2D eigenvalue weighted by Gasteiger charge is -2.42. The molecule has 0 aromatic rings. The van der Waals surface area contributed by atoms with E-state index in [1.807, 2.05) is 0 Å². The third-order valence-electron chi connectivity index (χ3n) is 4.34. The molecule has 0 heterocycles. The van der Waals surface area contributed by atoms with Crippen LogP contribution in [0, 0.1) is 11.8 Å². The van der Waals surface area contributed by atoms with Gasteiger partial charge in [-0.3, -0.25) is 4.90 Å². The summed E-state index contributed by atoms with van der Waals surface area (Å²) < 4.78 is 0. The minimum Gasteiger partial charge on any atom is -0.330 e. The summed E-state index contributed by atoms with van der Waals surface area (Å²) in [5.41, 5.74) is 5.99. The summed E-state index contributed by atoms with van der Waals surface area (Å²) in [6.07, 6.45) is 5.28. The van der Waals surface area contributed by atoms with Gasteiger partial charge in [0.2, 0.25) is 0 Å². The third-order valence-corrected chi connectivity index (χ3v) is 4.34. The van der Waals surface area contributed by atoms with Gasteiger partial charge in [0.05, 0.1) is 0 Å². The Morgan fingerprint density at radius 3 is 2.39 bits per heavy atom. The second-order valence-corrected chi connectivity index (χ2v) is 6.32. The van der Waals surface area contributed by atoms with E-state index in [-0.39, 0.29) is 0 Å². The topological polar surface area (TPSA) is 32.5 Å². The lowest BCUT2D eigenvalue weighted by Crippen LogP contribution is -2.48. The van der Waals surface area contributed by atoms with Crippen molar-refractivity contribution in [3.63, 3.8) is 0 Å². The zero-order valence-electron chi connectivity index (χ0n) is 12.9. The van der Waals surface area contributed by atoms with Gasteiger partial charge in [-0.15, -0.1) is 0 Å². The van der Waals surface area contributed by atoms with Crippen LogP contribution in [-0.4, -0.2) is 56.1 Å². The van der Waals surface area contributed by atoms with Crippen molar-refractivity contribution < 1.29 is 0 Å². The zero-order valence-corrected chi connectivity index (χ0v) is 12.9. The molecule has 3 nitrogen and oxygen atoms in total. The van der Waals surface area contributed by atoms with Gasteiger partial charge in [0.15, 0.2) is 0 Å². The van der Waals surface area contributed by atoms with Crippen LogP contribution in [0.2, 0.25) is 0 Å². The Morgan fingerprint density at radius 2 is 1.83 bits per heavy atom. The molecule has 3 heteroatoms.